The topological polar surface area (TPSA) is 51.9 Å². The molecule has 0 aliphatic carbocycles. The molecule has 2 aliphatic rings. The Hall–Kier alpha value is -3.18. The number of nitrogens with one attached hydrogen (secondary N) is 1. The molecule has 1 aromatic carbocycles. The standard InChI is InChI=1S/C25H24N4O/c1-15-3-4-17(14-26-15)16-9-10-29(24(30)11-16)19-6-7-20-22(13-19)28(2)23-12-18-5-8-21(27-18)25(20)23/h3-4,6-7,9-11,13-14,18,21,27H,5,8,12H2,1-2H3. The molecule has 2 unspecified atom stereocenters. The Balaban J connectivity index is 1.44. The SMILES string of the molecule is Cc1ccc(-c2ccn(-c3ccc4c5c(n(C)c4c3)CC3CCC5N3)c(=O)c2)cn1. The quantitative estimate of drug-likeness (QED) is 0.556. The molecule has 2 aliphatic heterocycles. The summed E-state index contributed by atoms with van der Waals surface area (Å²) >= 11 is 0. The van der Waals surface area contributed by atoms with Gasteiger partial charge in [0.05, 0.1) is 11.2 Å². The Morgan fingerprint density at radius 1 is 1.07 bits per heavy atom. The van der Waals surface area contributed by atoms with E-state index in [4.69, 9.17) is 0 Å². The highest BCUT2D eigenvalue weighted by Gasteiger charge is 2.35. The molecule has 3 aromatic heterocycles. The second kappa shape index (κ2) is 6.41. The second-order valence-electron chi connectivity index (χ2n) is 8.63. The van der Waals surface area contributed by atoms with Crippen molar-refractivity contribution in [2.24, 2.45) is 7.05 Å². The normalized spacial score (nSPS) is 19.9. The van der Waals surface area contributed by atoms with E-state index in [9.17, 15) is 4.79 Å². The van der Waals surface area contributed by atoms with Crippen molar-refractivity contribution in [1.82, 2.24) is 19.4 Å². The molecular formula is C25H24N4O. The Kier molecular flexibility index (Phi) is 3.77. The van der Waals surface area contributed by atoms with E-state index in [0.717, 1.165) is 28.9 Å². The molecule has 1 saturated heterocycles. The van der Waals surface area contributed by atoms with Crippen LogP contribution in [0.3, 0.4) is 0 Å². The lowest BCUT2D eigenvalue weighted by molar-refractivity contribution is 0.504. The molecule has 6 rings (SSSR count). The first-order chi connectivity index (χ1) is 14.6. The summed E-state index contributed by atoms with van der Waals surface area (Å²) in [5.74, 6) is 0. The highest BCUT2D eigenvalue weighted by atomic mass is 16.1. The number of aromatic nitrogens is 3. The van der Waals surface area contributed by atoms with Gasteiger partial charge in [-0.15, -0.1) is 0 Å². The number of pyridine rings is 2. The number of hydrogen-bond acceptors (Lipinski definition) is 3. The van der Waals surface area contributed by atoms with Gasteiger partial charge in [-0.3, -0.25) is 14.3 Å². The van der Waals surface area contributed by atoms with E-state index in [-0.39, 0.29) is 5.56 Å². The lowest BCUT2D eigenvalue weighted by Gasteiger charge is -2.23. The maximum absolute atomic E-state index is 12.9. The van der Waals surface area contributed by atoms with Crippen LogP contribution < -0.4 is 10.9 Å². The summed E-state index contributed by atoms with van der Waals surface area (Å²) in [6.45, 7) is 1.96. The van der Waals surface area contributed by atoms with Crippen LogP contribution in [0.4, 0.5) is 0 Å². The average molecular weight is 396 g/mol. The summed E-state index contributed by atoms with van der Waals surface area (Å²) in [6.07, 6.45) is 7.25. The molecule has 1 N–H and O–H groups in total. The molecule has 4 aromatic rings. The van der Waals surface area contributed by atoms with Gasteiger partial charge in [0.15, 0.2) is 0 Å². The lowest BCUT2D eigenvalue weighted by Crippen LogP contribution is -2.32. The minimum atomic E-state index is -0.0351. The molecule has 0 saturated carbocycles. The van der Waals surface area contributed by atoms with Crippen molar-refractivity contribution in [3.8, 4) is 16.8 Å². The van der Waals surface area contributed by atoms with Gasteiger partial charge in [-0.05, 0) is 55.2 Å². The summed E-state index contributed by atoms with van der Waals surface area (Å²) in [7, 11) is 2.16. The van der Waals surface area contributed by atoms with Crippen LogP contribution in [-0.2, 0) is 13.5 Å². The average Bonchev–Trinajstić information content (AvgIpc) is 3.27. The fourth-order valence-corrected chi connectivity index (χ4v) is 5.24. The highest BCUT2D eigenvalue weighted by Crippen LogP contribution is 2.41. The number of aryl methyl sites for hydroxylation is 2. The third-order valence-corrected chi connectivity index (χ3v) is 6.82. The van der Waals surface area contributed by atoms with E-state index in [1.807, 2.05) is 37.5 Å². The number of fused-ring (bicyclic) bond motifs is 6. The van der Waals surface area contributed by atoms with Crippen LogP contribution >= 0.6 is 0 Å². The molecular weight excluding hydrogens is 372 g/mol. The maximum atomic E-state index is 12.9. The van der Waals surface area contributed by atoms with Crippen LogP contribution in [0.15, 0.2) is 59.7 Å². The zero-order valence-electron chi connectivity index (χ0n) is 17.2. The third-order valence-electron chi connectivity index (χ3n) is 6.82. The zero-order chi connectivity index (χ0) is 20.4. The van der Waals surface area contributed by atoms with E-state index < -0.39 is 0 Å². The first kappa shape index (κ1) is 17.7. The van der Waals surface area contributed by atoms with Crippen molar-refractivity contribution in [1.29, 1.82) is 0 Å². The van der Waals surface area contributed by atoms with Crippen LogP contribution in [-0.4, -0.2) is 20.2 Å². The molecule has 1 fully saturated rings. The molecule has 150 valence electrons. The van der Waals surface area contributed by atoms with E-state index in [0.29, 0.717) is 12.1 Å². The van der Waals surface area contributed by atoms with Gasteiger partial charge < -0.3 is 9.88 Å². The van der Waals surface area contributed by atoms with Crippen LogP contribution in [0, 0.1) is 6.92 Å². The molecule has 2 bridgehead atoms. The van der Waals surface area contributed by atoms with Crippen molar-refractivity contribution in [3.63, 3.8) is 0 Å². The van der Waals surface area contributed by atoms with Gasteiger partial charge in [-0.2, -0.15) is 0 Å². The Morgan fingerprint density at radius 3 is 2.77 bits per heavy atom. The van der Waals surface area contributed by atoms with Gasteiger partial charge in [0.1, 0.15) is 0 Å². The van der Waals surface area contributed by atoms with Crippen molar-refractivity contribution in [2.45, 2.75) is 38.3 Å². The fourth-order valence-electron chi connectivity index (χ4n) is 5.24. The second-order valence-corrected chi connectivity index (χ2v) is 8.63. The molecule has 5 nitrogen and oxygen atoms in total. The van der Waals surface area contributed by atoms with Crippen LogP contribution in [0.2, 0.25) is 0 Å². The first-order valence-corrected chi connectivity index (χ1v) is 10.6. The smallest absolute Gasteiger partial charge is 0.255 e. The summed E-state index contributed by atoms with van der Waals surface area (Å²) in [4.78, 5) is 17.3. The van der Waals surface area contributed by atoms with Gasteiger partial charge >= 0.3 is 0 Å². The van der Waals surface area contributed by atoms with Crippen LogP contribution in [0.25, 0.3) is 27.7 Å². The van der Waals surface area contributed by atoms with E-state index in [1.54, 1.807) is 10.6 Å². The predicted octanol–water partition coefficient (Wildman–Crippen LogP) is 4.05. The van der Waals surface area contributed by atoms with E-state index >= 15 is 0 Å². The molecule has 2 atom stereocenters. The Labute approximate surface area is 175 Å². The van der Waals surface area contributed by atoms with Gasteiger partial charge in [0.2, 0.25) is 0 Å². The van der Waals surface area contributed by atoms with Crippen molar-refractivity contribution < 1.29 is 0 Å². The van der Waals surface area contributed by atoms with Gasteiger partial charge in [0.25, 0.3) is 5.56 Å². The minimum Gasteiger partial charge on any atom is -0.347 e. The first-order valence-electron chi connectivity index (χ1n) is 10.6. The summed E-state index contributed by atoms with van der Waals surface area (Å²) in [5, 5.41) is 5.07. The summed E-state index contributed by atoms with van der Waals surface area (Å²) in [6, 6.07) is 15.1. The minimum absolute atomic E-state index is 0.0351. The lowest BCUT2D eigenvalue weighted by atomic mass is 9.99. The van der Waals surface area contributed by atoms with E-state index in [2.05, 4.69) is 40.1 Å². The van der Waals surface area contributed by atoms with E-state index in [1.165, 1.54) is 35.0 Å². The van der Waals surface area contributed by atoms with Gasteiger partial charge in [0, 0.05) is 66.3 Å². The Bertz CT molecular complexity index is 1350. The van der Waals surface area contributed by atoms with Crippen molar-refractivity contribution in [3.05, 3.63) is 82.2 Å². The molecule has 0 amide bonds. The van der Waals surface area contributed by atoms with Gasteiger partial charge in [-0.1, -0.05) is 12.1 Å². The monoisotopic (exact) mass is 396 g/mol. The molecule has 30 heavy (non-hydrogen) atoms. The highest BCUT2D eigenvalue weighted by molar-refractivity contribution is 5.88. The fraction of sp³-hybridized carbons (Fsp3) is 0.280. The third kappa shape index (κ3) is 2.58. The summed E-state index contributed by atoms with van der Waals surface area (Å²) in [5.41, 5.74) is 7.79. The van der Waals surface area contributed by atoms with Crippen LogP contribution in [0.1, 0.15) is 35.8 Å². The zero-order valence-corrected chi connectivity index (χ0v) is 17.2. The van der Waals surface area contributed by atoms with Crippen molar-refractivity contribution in [2.75, 3.05) is 0 Å². The maximum Gasteiger partial charge on any atom is 0.255 e. The van der Waals surface area contributed by atoms with Crippen LogP contribution in [0.5, 0.6) is 0 Å². The Morgan fingerprint density at radius 2 is 1.97 bits per heavy atom. The number of benzene rings is 1. The summed E-state index contributed by atoms with van der Waals surface area (Å²) < 4.78 is 4.05. The molecule has 0 spiro atoms. The van der Waals surface area contributed by atoms with Crippen molar-refractivity contribution >= 4 is 10.9 Å². The van der Waals surface area contributed by atoms with Gasteiger partial charge in [-0.25, -0.2) is 0 Å². The number of hydrogen-bond donors (Lipinski definition) is 1. The molecule has 0 radical (unpaired) electrons. The number of rotatable bonds is 2. The number of nitrogens with zero attached hydrogens (tertiary/aromatic N) is 3. The largest absolute Gasteiger partial charge is 0.347 e. The molecule has 5 heteroatoms. The predicted molar refractivity (Wildman–Crippen MR) is 119 cm³/mol. The molecule has 5 heterocycles.